The van der Waals surface area contributed by atoms with Crippen LogP contribution < -0.4 is 4.74 Å². The second-order valence-electron chi connectivity index (χ2n) is 3.13. The van der Waals surface area contributed by atoms with Crippen LogP contribution in [0.5, 0.6) is 5.75 Å². The molecule has 0 spiro atoms. The minimum Gasteiger partial charge on any atom is -0.492 e. The summed E-state index contributed by atoms with van der Waals surface area (Å²) < 4.78 is 5.28. The van der Waals surface area contributed by atoms with Gasteiger partial charge in [0.25, 0.3) is 5.78 Å². The largest absolute Gasteiger partial charge is 0.492 e. The molecule has 86 valence electrons. The highest BCUT2D eigenvalue weighted by Crippen LogP contribution is 2.25. The third-order valence-electron chi connectivity index (χ3n) is 1.85. The minimum atomic E-state index is -1.50. The Bertz CT molecular complexity index is 414. The molecule has 0 aliphatic carbocycles. The van der Waals surface area contributed by atoms with Crippen LogP contribution >= 0.6 is 11.6 Å². The average Bonchev–Trinajstić information content (AvgIpc) is 2.27. The molecule has 0 heterocycles. The van der Waals surface area contributed by atoms with Crippen molar-refractivity contribution in [1.82, 2.24) is 0 Å². The van der Waals surface area contributed by atoms with Crippen LogP contribution in [0.3, 0.4) is 0 Å². The van der Waals surface area contributed by atoms with E-state index in [1.165, 1.54) is 18.2 Å². The van der Waals surface area contributed by atoms with E-state index in [2.05, 4.69) is 0 Å². The first-order valence-corrected chi connectivity index (χ1v) is 5.14. The van der Waals surface area contributed by atoms with E-state index in [0.717, 1.165) is 6.42 Å². The van der Waals surface area contributed by atoms with Crippen molar-refractivity contribution in [2.24, 2.45) is 0 Å². The van der Waals surface area contributed by atoms with Crippen molar-refractivity contribution in [3.8, 4) is 5.75 Å². The highest BCUT2D eigenvalue weighted by molar-refractivity contribution is 6.40. The molecule has 0 aromatic heterocycles. The first kappa shape index (κ1) is 12.5. The van der Waals surface area contributed by atoms with E-state index < -0.39 is 11.8 Å². The Morgan fingerprint density at radius 1 is 1.44 bits per heavy atom. The number of aliphatic carboxylic acids is 1. The number of Topliss-reactive ketones (excluding diaryl/α,β-unsaturated/α-hetero) is 1. The molecule has 1 aromatic carbocycles. The minimum absolute atomic E-state index is 0.0583. The molecule has 1 rings (SSSR count). The van der Waals surface area contributed by atoms with E-state index in [4.69, 9.17) is 21.4 Å². The highest BCUT2D eigenvalue weighted by Gasteiger charge is 2.16. The Balaban J connectivity index is 2.97. The summed E-state index contributed by atoms with van der Waals surface area (Å²) in [6.07, 6.45) is 0.799. The number of hydrogen-bond acceptors (Lipinski definition) is 3. The van der Waals surface area contributed by atoms with Crippen molar-refractivity contribution >= 4 is 23.4 Å². The fourth-order valence-electron chi connectivity index (χ4n) is 1.09. The van der Waals surface area contributed by atoms with Crippen LogP contribution in [0.15, 0.2) is 18.2 Å². The van der Waals surface area contributed by atoms with Crippen LogP contribution in [-0.4, -0.2) is 23.5 Å². The van der Waals surface area contributed by atoms with Crippen LogP contribution in [-0.2, 0) is 4.79 Å². The van der Waals surface area contributed by atoms with Gasteiger partial charge in [-0.1, -0.05) is 18.5 Å². The Labute approximate surface area is 97.8 Å². The lowest BCUT2D eigenvalue weighted by molar-refractivity contribution is -0.131. The number of ether oxygens (including phenoxy) is 1. The number of carbonyl (C=O) groups excluding carboxylic acids is 1. The second-order valence-corrected chi connectivity index (χ2v) is 3.54. The highest BCUT2D eigenvalue weighted by atomic mass is 35.5. The van der Waals surface area contributed by atoms with E-state index in [-0.39, 0.29) is 5.56 Å². The molecule has 1 aromatic rings. The third kappa shape index (κ3) is 2.97. The number of benzene rings is 1. The predicted octanol–water partition coefficient (Wildman–Crippen LogP) is 2.40. The van der Waals surface area contributed by atoms with Gasteiger partial charge in [-0.2, -0.15) is 0 Å². The first-order chi connectivity index (χ1) is 7.56. The Morgan fingerprint density at radius 2 is 2.12 bits per heavy atom. The molecule has 0 radical (unpaired) electrons. The molecular weight excluding hydrogens is 232 g/mol. The third-order valence-corrected chi connectivity index (χ3v) is 2.16. The van der Waals surface area contributed by atoms with Gasteiger partial charge in [0.1, 0.15) is 5.75 Å². The van der Waals surface area contributed by atoms with E-state index in [9.17, 15) is 9.59 Å². The van der Waals surface area contributed by atoms with Crippen LogP contribution in [0.1, 0.15) is 23.7 Å². The van der Waals surface area contributed by atoms with Crippen molar-refractivity contribution in [1.29, 1.82) is 0 Å². The van der Waals surface area contributed by atoms with Gasteiger partial charge in [0, 0.05) is 5.56 Å². The maximum atomic E-state index is 11.2. The summed E-state index contributed by atoms with van der Waals surface area (Å²) in [4.78, 5) is 21.7. The normalized spacial score (nSPS) is 9.88. The summed E-state index contributed by atoms with van der Waals surface area (Å²) in [5, 5.41) is 8.91. The summed E-state index contributed by atoms with van der Waals surface area (Å²) >= 11 is 5.83. The second kappa shape index (κ2) is 5.51. The fraction of sp³-hybridized carbons (Fsp3) is 0.273. The molecule has 0 aliphatic heterocycles. The molecule has 1 N–H and O–H groups in total. The molecule has 0 atom stereocenters. The molecule has 0 bridgehead atoms. The van der Waals surface area contributed by atoms with Gasteiger partial charge >= 0.3 is 5.97 Å². The number of carboxylic acids is 1. The molecule has 0 fully saturated rings. The molecule has 0 saturated carbocycles. The summed E-state index contributed by atoms with van der Waals surface area (Å²) in [5.74, 6) is -2.14. The van der Waals surface area contributed by atoms with E-state index in [1.807, 2.05) is 6.92 Å². The quantitative estimate of drug-likeness (QED) is 0.636. The van der Waals surface area contributed by atoms with Crippen molar-refractivity contribution in [2.45, 2.75) is 13.3 Å². The zero-order valence-electron chi connectivity index (χ0n) is 8.70. The van der Waals surface area contributed by atoms with Gasteiger partial charge in [-0.05, 0) is 24.6 Å². The molecule has 0 unspecified atom stereocenters. The van der Waals surface area contributed by atoms with Gasteiger partial charge in [-0.3, -0.25) is 4.79 Å². The fourth-order valence-corrected chi connectivity index (χ4v) is 1.26. The number of hydrogen-bond donors (Lipinski definition) is 1. The molecule has 4 nitrogen and oxygen atoms in total. The van der Waals surface area contributed by atoms with Crippen LogP contribution in [0.4, 0.5) is 0 Å². The van der Waals surface area contributed by atoms with Gasteiger partial charge in [0.05, 0.1) is 11.6 Å². The zero-order valence-corrected chi connectivity index (χ0v) is 9.45. The van der Waals surface area contributed by atoms with Gasteiger partial charge < -0.3 is 9.84 Å². The lowest BCUT2D eigenvalue weighted by Crippen LogP contribution is -2.12. The lowest BCUT2D eigenvalue weighted by Gasteiger charge is -2.07. The summed E-state index contributed by atoms with van der Waals surface area (Å²) in [6, 6.07) is 4.15. The average molecular weight is 243 g/mol. The molecule has 0 saturated heterocycles. The Morgan fingerprint density at radius 3 is 2.69 bits per heavy atom. The maximum absolute atomic E-state index is 11.2. The van der Waals surface area contributed by atoms with Crippen molar-refractivity contribution in [3.05, 3.63) is 28.8 Å². The number of rotatable bonds is 5. The Hall–Kier alpha value is -1.55. The SMILES string of the molecule is CCCOc1cc(C(=O)C(=O)O)ccc1Cl. The van der Waals surface area contributed by atoms with Gasteiger partial charge in [-0.15, -0.1) is 0 Å². The van der Waals surface area contributed by atoms with Gasteiger partial charge in [-0.25, -0.2) is 4.79 Å². The smallest absolute Gasteiger partial charge is 0.377 e. The van der Waals surface area contributed by atoms with Crippen LogP contribution in [0.25, 0.3) is 0 Å². The summed E-state index contributed by atoms with van der Waals surface area (Å²) in [7, 11) is 0. The van der Waals surface area contributed by atoms with E-state index in [0.29, 0.717) is 17.4 Å². The number of carboxylic acid groups (broad SMARTS) is 1. The standard InChI is InChI=1S/C11H11ClO4/c1-2-5-16-9-6-7(3-4-8(9)12)10(13)11(14)15/h3-4,6H,2,5H2,1H3,(H,14,15). The van der Waals surface area contributed by atoms with Gasteiger partial charge in [0.2, 0.25) is 0 Å². The summed E-state index contributed by atoms with van der Waals surface area (Å²) in [6.45, 7) is 2.39. The monoisotopic (exact) mass is 242 g/mol. The molecule has 16 heavy (non-hydrogen) atoms. The Kier molecular flexibility index (Phi) is 4.31. The number of carbonyl (C=O) groups is 2. The van der Waals surface area contributed by atoms with Crippen molar-refractivity contribution in [3.63, 3.8) is 0 Å². The van der Waals surface area contributed by atoms with Crippen LogP contribution in [0.2, 0.25) is 5.02 Å². The number of halogens is 1. The van der Waals surface area contributed by atoms with E-state index >= 15 is 0 Å². The van der Waals surface area contributed by atoms with Crippen LogP contribution in [0, 0.1) is 0 Å². The van der Waals surface area contributed by atoms with Crippen molar-refractivity contribution in [2.75, 3.05) is 6.61 Å². The molecule has 0 amide bonds. The topological polar surface area (TPSA) is 63.6 Å². The first-order valence-electron chi connectivity index (χ1n) is 4.76. The molecule has 5 heteroatoms. The molecular formula is C11H11ClO4. The zero-order chi connectivity index (χ0) is 12.1. The molecule has 0 aliphatic rings. The van der Waals surface area contributed by atoms with E-state index in [1.54, 1.807) is 0 Å². The maximum Gasteiger partial charge on any atom is 0.377 e. The summed E-state index contributed by atoms with van der Waals surface area (Å²) in [5.41, 5.74) is 0.0583. The van der Waals surface area contributed by atoms with Crippen molar-refractivity contribution < 1.29 is 19.4 Å². The lowest BCUT2D eigenvalue weighted by atomic mass is 10.1. The van der Waals surface area contributed by atoms with Gasteiger partial charge in [0.15, 0.2) is 0 Å². The predicted molar refractivity (Wildman–Crippen MR) is 59.2 cm³/mol. The number of ketones is 1.